The third-order valence-corrected chi connectivity index (χ3v) is 5.02. The molecule has 0 aliphatic heterocycles. The Kier molecular flexibility index (Phi) is 5.83. The van der Waals surface area contributed by atoms with Gasteiger partial charge < -0.3 is 5.32 Å². The number of aromatic amines is 1. The number of aromatic nitrogens is 5. The van der Waals surface area contributed by atoms with Gasteiger partial charge in [-0.15, -0.1) is 0 Å². The van der Waals surface area contributed by atoms with Gasteiger partial charge in [0.2, 0.25) is 5.91 Å². The average Bonchev–Trinajstić information content (AvgIpc) is 3.33. The van der Waals surface area contributed by atoms with E-state index in [9.17, 15) is 4.79 Å². The highest BCUT2D eigenvalue weighted by molar-refractivity contribution is 5.91. The molecule has 0 aromatic carbocycles. The van der Waals surface area contributed by atoms with E-state index in [1.165, 1.54) is 38.5 Å². The quantitative estimate of drug-likeness (QED) is 0.769. The monoisotopic (exact) mass is 344 g/mol. The maximum Gasteiger partial charge on any atom is 0.231 e. The molecule has 25 heavy (non-hydrogen) atoms. The minimum absolute atomic E-state index is 0.117. The van der Waals surface area contributed by atoms with Gasteiger partial charge in [-0.1, -0.05) is 26.2 Å². The predicted molar refractivity (Wildman–Crippen MR) is 96.2 cm³/mol. The molecule has 0 saturated heterocycles. The van der Waals surface area contributed by atoms with Gasteiger partial charge in [-0.2, -0.15) is 20.1 Å². The molecule has 3 rings (SSSR count). The first-order valence-corrected chi connectivity index (χ1v) is 9.42. The minimum Gasteiger partial charge on any atom is -0.309 e. The van der Waals surface area contributed by atoms with Crippen molar-refractivity contribution in [2.75, 3.05) is 5.32 Å². The first kappa shape index (κ1) is 17.6. The number of aryl methyl sites for hydroxylation is 1. The molecule has 1 aliphatic rings. The molecule has 2 atom stereocenters. The molecule has 2 N–H and O–H groups in total. The van der Waals surface area contributed by atoms with Crippen molar-refractivity contribution in [3.05, 3.63) is 23.7 Å². The number of nitrogens with zero attached hydrogens (tertiary/aromatic N) is 4. The van der Waals surface area contributed by atoms with Crippen LogP contribution in [0.1, 0.15) is 69.7 Å². The molecule has 0 spiro atoms. The largest absolute Gasteiger partial charge is 0.309 e. The molecule has 2 heterocycles. The Balaban J connectivity index is 1.50. The molecule has 2 aromatic rings. The number of carbonyl (C=O) groups is 1. The van der Waals surface area contributed by atoms with Gasteiger partial charge in [0.1, 0.15) is 0 Å². The number of anilines is 1. The second-order valence-corrected chi connectivity index (χ2v) is 6.98. The molecule has 1 amide bonds. The van der Waals surface area contributed by atoms with Crippen LogP contribution in [0.5, 0.6) is 0 Å². The van der Waals surface area contributed by atoms with Crippen LogP contribution in [0.4, 0.5) is 5.82 Å². The van der Waals surface area contributed by atoms with Crippen molar-refractivity contribution in [2.45, 2.75) is 71.3 Å². The molecule has 1 saturated carbocycles. The molecule has 1 aliphatic carbocycles. The second kappa shape index (κ2) is 8.27. The van der Waals surface area contributed by atoms with Crippen LogP contribution in [-0.2, 0) is 17.8 Å². The van der Waals surface area contributed by atoms with Gasteiger partial charge in [0, 0.05) is 17.7 Å². The van der Waals surface area contributed by atoms with Crippen LogP contribution in [-0.4, -0.2) is 31.1 Å². The summed E-state index contributed by atoms with van der Waals surface area (Å²) in [4.78, 5) is 13.7. The van der Waals surface area contributed by atoms with Crippen LogP contribution in [0.25, 0.3) is 0 Å². The number of carbonyl (C=O) groups excluding carboxylic acids is 1. The Bertz CT molecular complexity index is 691. The van der Waals surface area contributed by atoms with E-state index in [2.05, 4.69) is 32.6 Å². The number of H-pyrrole nitrogens is 1. The van der Waals surface area contributed by atoms with Crippen molar-refractivity contribution in [1.82, 2.24) is 25.2 Å². The standard InChI is InChI=1S/C18H28N6O/c1-3-5-6-13-7-8-14(9-13)16-11-17(22-21-16)20-18(25)10-15-12-19-24(4-2)23-15/h11-14H,3-10H2,1-2H3,(H2,20,21,22,25)/t13-,14+/m1/s1. The maximum absolute atomic E-state index is 12.1. The van der Waals surface area contributed by atoms with Crippen LogP contribution < -0.4 is 5.32 Å². The van der Waals surface area contributed by atoms with Crippen molar-refractivity contribution < 1.29 is 4.79 Å². The Morgan fingerprint density at radius 2 is 2.28 bits per heavy atom. The molecule has 2 aromatic heterocycles. The fraction of sp³-hybridized carbons (Fsp3) is 0.667. The van der Waals surface area contributed by atoms with Gasteiger partial charge in [0.05, 0.1) is 24.9 Å². The summed E-state index contributed by atoms with van der Waals surface area (Å²) in [5.74, 6) is 1.87. The summed E-state index contributed by atoms with van der Waals surface area (Å²) in [5.41, 5.74) is 1.82. The lowest BCUT2D eigenvalue weighted by molar-refractivity contribution is -0.115. The fourth-order valence-corrected chi connectivity index (χ4v) is 3.64. The molecule has 0 unspecified atom stereocenters. The zero-order valence-corrected chi connectivity index (χ0v) is 15.2. The van der Waals surface area contributed by atoms with E-state index in [4.69, 9.17) is 0 Å². The summed E-state index contributed by atoms with van der Waals surface area (Å²) in [6.45, 7) is 4.91. The van der Waals surface area contributed by atoms with E-state index in [0.717, 1.165) is 11.6 Å². The van der Waals surface area contributed by atoms with E-state index < -0.39 is 0 Å². The summed E-state index contributed by atoms with van der Waals surface area (Å²) in [6, 6.07) is 1.98. The topological polar surface area (TPSA) is 88.5 Å². The van der Waals surface area contributed by atoms with Crippen molar-refractivity contribution in [3.8, 4) is 0 Å². The highest BCUT2D eigenvalue weighted by Crippen LogP contribution is 2.40. The highest BCUT2D eigenvalue weighted by Gasteiger charge is 2.26. The van der Waals surface area contributed by atoms with Crippen LogP contribution in [0.2, 0.25) is 0 Å². The Hall–Kier alpha value is -2.18. The van der Waals surface area contributed by atoms with Gasteiger partial charge in [0.25, 0.3) is 0 Å². The zero-order valence-electron chi connectivity index (χ0n) is 15.2. The molecule has 1 fully saturated rings. The van der Waals surface area contributed by atoms with E-state index in [1.807, 2.05) is 13.0 Å². The van der Waals surface area contributed by atoms with E-state index >= 15 is 0 Å². The van der Waals surface area contributed by atoms with E-state index in [0.29, 0.717) is 24.0 Å². The van der Waals surface area contributed by atoms with Gasteiger partial charge >= 0.3 is 0 Å². The minimum atomic E-state index is -0.117. The van der Waals surface area contributed by atoms with E-state index in [-0.39, 0.29) is 12.3 Å². The van der Waals surface area contributed by atoms with Crippen molar-refractivity contribution in [3.63, 3.8) is 0 Å². The lowest BCUT2D eigenvalue weighted by Gasteiger charge is -2.09. The first-order chi connectivity index (χ1) is 12.2. The van der Waals surface area contributed by atoms with Crippen LogP contribution in [0.15, 0.2) is 12.3 Å². The molecule has 136 valence electrons. The Labute approximate surface area is 148 Å². The maximum atomic E-state index is 12.1. The molecular formula is C18H28N6O. The number of nitrogens with one attached hydrogen (secondary N) is 2. The predicted octanol–water partition coefficient (Wildman–Crippen LogP) is 3.28. The van der Waals surface area contributed by atoms with E-state index in [1.54, 1.807) is 11.0 Å². The Morgan fingerprint density at radius 3 is 3.04 bits per heavy atom. The number of unbranched alkanes of at least 4 members (excludes halogenated alkanes) is 1. The van der Waals surface area contributed by atoms with Gasteiger partial charge in [-0.25, -0.2) is 0 Å². The number of hydrogen-bond acceptors (Lipinski definition) is 4. The average molecular weight is 344 g/mol. The second-order valence-electron chi connectivity index (χ2n) is 6.98. The van der Waals surface area contributed by atoms with Gasteiger partial charge in [-0.05, 0) is 32.1 Å². The summed E-state index contributed by atoms with van der Waals surface area (Å²) in [7, 11) is 0. The summed E-state index contributed by atoms with van der Waals surface area (Å²) < 4.78 is 0. The van der Waals surface area contributed by atoms with Crippen molar-refractivity contribution >= 4 is 11.7 Å². The number of rotatable bonds is 8. The molecular weight excluding hydrogens is 316 g/mol. The fourth-order valence-electron chi connectivity index (χ4n) is 3.64. The summed E-state index contributed by atoms with van der Waals surface area (Å²) in [6.07, 6.45) is 9.53. The Morgan fingerprint density at radius 1 is 1.40 bits per heavy atom. The first-order valence-electron chi connectivity index (χ1n) is 9.42. The molecule has 0 radical (unpaired) electrons. The van der Waals surface area contributed by atoms with Crippen LogP contribution in [0.3, 0.4) is 0 Å². The number of hydrogen-bond donors (Lipinski definition) is 2. The smallest absolute Gasteiger partial charge is 0.231 e. The molecule has 7 heteroatoms. The summed E-state index contributed by atoms with van der Waals surface area (Å²) >= 11 is 0. The highest BCUT2D eigenvalue weighted by atomic mass is 16.1. The zero-order chi connectivity index (χ0) is 17.6. The molecule has 7 nitrogen and oxygen atoms in total. The van der Waals surface area contributed by atoms with Crippen molar-refractivity contribution in [2.24, 2.45) is 5.92 Å². The van der Waals surface area contributed by atoms with Crippen LogP contribution >= 0.6 is 0 Å². The van der Waals surface area contributed by atoms with Gasteiger partial charge in [0.15, 0.2) is 5.82 Å². The lowest BCUT2D eigenvalue weighted by Crippen LogP contribution is -2.15. The SMILES string of the molecule is CCCC[C@@H]1CC[C@H](c2cc(NC(=O)Cc3cnn(CC)n3)n[nH]2)C1. The third-order valence-electron chi connectivity index (χ3n) is 5.02. The third kappa shape index (κ3) is 4.67. The summed E-state index contributed by atoms with van der Waals surface area (Å²) in [5, 5.41) is 18.5. The number of amides is 1. The lowest BCUT2D eigenvalue weighted by atomic mass is 9.98. The van der Waals surface area contributed by atoms with Crippen LogP contribution in [0, 0.1) is 5.92 Å². The van der Waals surface area contributed by atoms with Gasteiger partial charge in [-0.3, -0.25) is 9.89 Å². The van der Waals surface area contributed by atoms with Crippen molar-refractivity contribution in [1.29, 1.82) is 0 Å². The molecule has 0 bridgehead atoms. The normalized spacial score (nSPS) is 20.1.